The zero-order valence-electron chi connectivity index (χ0n) is 16.6. The van der Waals surface area contributed by atoms with Gasteiger partial charge in [-0.1, -0.05) is 6.07 Å². The number of likely N-dealkylation sites (N-methyl/N-ethyl adjacent to an activating group) is 1. The number of sulfonamides is 1. The summed E-state index contributed by atoms with van der Waals surface area (Å²) in [6.07, 6.45) is 0. The first kappa shape index (κ1) is 21.8. The molecule has 0 saturated carbocycles. The summed E-state index contributed by atoms with van der Waals surface area (Å²) in [6.45, 7) is 1.93. The van der Waals surface area contributed by atoms with Crippen LogP contribution in [-0.2, 0) is 14.8 Å². The summed E-state index contributed by atoms with van der Waals surface area (Å²) in [4.78, 5) is 25.5. The van der Waals surface area contributed by atoms with Gasteiger partial charge >= 0.3 is 0 Å². The fourth-order valence-corrected chi connectivity index (χ4v) is 4.44. The van der Waals surface area contributed by atoms with Gasteiger partial charge in [0, 0.05) is 37.4 Å². The minimum Gasteiger partial charge on any atom is -0.484 e. The van der Waals surface area contributed by atoms with Gasteiger partial charge in [0.15, 0.2) is 6.61 Å². The molecule has 0 bridgehead atoms. The molecule has 9 nitrogen and oxygen atoms in total. The number of carbonyl (C=O) groups is 2. The van der Waals surface area contributed by atoms with Gasteiger partial charge in [-0.05, 0) is 49.5 Å². The fraction of sp³-hybridized carbons (Fsp3) is 0.300. The molecule has 1 aliphatic heterocycles. The molecule has 0 aliphatic carbocycles. The molecule has 0 atom stereocenters. The summed E-state index contributed by atoms with van der Waals surface area (Å²) >= 11 is 0. The van der Waals surface area contributed by atoms with E-state index in [-0.39, 0.29) is 11.5 Å². The van der Waals surface area contributed by atoms with E-state index in [1.165, 1.54) is 40.7 Å². The Morgan fingerprint density at radius 2 is 1.73 bits per heavy atom. The van der Waals surface area contributed by atoms with Crippen molar-refractivity contribution in [3.8, 4) is 5.75 Å². The Bertz CT molecular complexity index is 1020. The molecule has 2 aromatic carbocycles. The standard InChI is InChI=1S/C20H24N4O5S/c1-23-9-11-24(12-10-23)30(27,28)18-4-2-3-16(13-18)22-19(25)14-29-17-7-5-15(6-8-17)20(21)26/h2-8,13H,9-12,14H2,1H3,(H2,21,26)(H,22,25). The molecular formula is C20H24N4O5S. The van der Waals surface area contributed by atoms with E-state index >= 15 is 0 Å². The summed E-state index contributed by atoms with van der Waals surface area (Å²) in [5.41, 5.74) is 5.88. The third-order valence-electron chi connectivity index (χ3n) is 4.73. The minimum absolute atomic E-state index is 0.132. The van der Waals surface area contributed by atoms with Crippen molar-refractivity contribution in [2.24, 2.45) is 5.73 Å². The monoisotopic (exact) mass is 432 g/mol. The lowest BCUT2D eigenvalue weighted by molar-refractivity contribution is -0.118. The predicted molar refractivity (Wildman–Crippen MR) is 112 cm³/mol. The summed E-state index contributed by atoms with van der Waals surface area (Å²) in [6, 6.07) is 12.2. The maximum Gasteiger partial charge on any atom is 0.262 e. The number of piperazine rings is 1. The van der Waals surface area contributed by atoms with E-state index in [0.717, 1.165) is 0 Å². The molecular weight excluding hydrogens is 408 g/mol. The van der Waals surface area contributed by atoms with Crippen molar-refractivity contribution >= 4 is 27.5 Å². The molecule has 1 aliphatic rings. The second-order valence-corrected chi connectivity index (χ2v) is 8.90. The van der Waals surface area contributed by atoms with E-state index in [2.05, 4.69) is 10.2 Å². The van der Waals surface area contributed by atoms with Crippen molar-refractivity contribution in [2.45, 2.75) is 4.90 Å². The summed E-state index contributed by atoms with van der Waals surface area (Å²) in [7, 11) is -1.67. The number of hydrogen-bond acceptors (Lipinski definition) is 6. The highest BCUT2D eigenvalue weighted by molar-refractivity contribution is 7.89. The lowest BCUT2D eigenvalue weighted by Crippen LogP contribution is -2.47. The highest BCUT2D eigenvalue weighted by Gasteiger charge is 2.27. The Kier molecular flexibility index (Phi) is 6.70. The van der Waals surface area contributed by atoms with Crippen molar-refractivity contribution < 1.29 is 22.7 Å². The summed E-state index contributed by atoms with van der Waals surface area (Å²) in [5.74, 6) is -0.588. The van der Waals surface area contributed by atoms with Gasteiger partial charge in [-0.25, -0.2) is 8.42 Å². The number of hydrogen-bond donors (Lipinski definition) is 2. The van der Waals surface area contributed by atoms with Crippen LogP contribution in [-0.4, -0.2) is 69.3 Å². The van der Waals surface area contributed by atoms with Gasteiger partial charge in [0.2, 0.25) is 15.9 Å². The van der Waals surface area contributed by atoms with Crippen LogP contribution in [0.4, 0.5) is 5.69 Å². The lowest BCUT2D eigenvalue weighted by Gasteiger charge is -2.31. The topological polar surface area (TPSA) is 122 Å². The average Bonchev–Trinajstić information content (AvgIpc) is 2.73. The smallest absolute Gasteiger partial charge is 0.262 e. The van der Waals surface area contributed by atoms with Crippen LogP contribution in [0.15, 0.2) is 53.4 Å². The fourth-order valence-electron chi connectivity index (χ4n) is 2.97. The molecule has 3 rings (SSSR count). The lowest BCUT2D eigenvalue weighted by atomic mass is 10.2. The number of carbonyl (C=O) groups excluding carboxylic acids is 2. The average molecular weight is 433 g/mol. The molecule has 3 N–H and O–H groups in total. The van der Waals surface area contributed by atoms with Crippen molar-refractivity contribution in [1.29, 1.82) is 0 Å². The quantitative estimate of drug-likeness (QED) is 0.665. The first-order valence-electron chi connectivity index (χ1n) is 9.37. The van der Waals surface area contributed by atoms with Gasteiger partial charge in [0.25, 0.3) is 5.91 Å². The van der Waals surface area contributed by atoms with E-state index < -0.39 is 21.8 Å². The number of anilines is 1. The molecule has 2 aromatic rings. The zero-order chi connectivity index (χ0) is 21.7. The van der Waals surface area contributed by atoms with E-state index in [0.29, 0.717) is 43.2 Å². The van der Waals surface area contributed by atoms with Crippen LogP contribution in [0.3, 0.4) is 0 Å². The predicted octanol–water partition coefficient (Wildman–Crippen LogP) is 0.739. The Morgan fingerprint density at radius 3 is 2.37 bits per heavy atom. The van der Waals surface area contributed by atoms with Crippen molar-refractivity contribution in [2.75, 3.05) is 45.2 Å². The Hall–Kier alpha value is -2.95. The Balaban J connectivity index is 1.60. The number of rotatable bonds is 7. The third kappa shape index (κ3) is 5.35. The van der Waals surface area contributed by atoms with Gasteiger partial charge < -0.3 is 20.7 Å². The second kappa shape index (κ2) is 9.24. The van der Waals surface area contributed by atoms with Crippen LogP contribution in [0.25, 0.3) is 0 Å². The maximum absolute atomic E-state index is 12.9. The molecule has 30 heavy (non-hydrogen) atoms. The Morgan fingerprint density at radius 1 is 1.07 bits per heavy atom. The van der Waals surface area contributed by atoms with Gasteiger partial charge in [-0.15, -0.1) is 0 Å². The second-order valence-electron chi connectivity index (χ2n) is 6.96. The van der Waals surface area contributed by atoms with Crippen molar-refractivity contribution in [1.82, 2.24) is 9.21 Å². The van der Waals surface area contributed by atoms with Gasteiger partial charge in [0.1, 0.15) is 5.75 Å². The van der Waals surface area contributed by atoms with Crippen LogP contribution in [0.2, 0.25) is 0 Å². The van der Waals surface area contributed by atoms with Crippen LogP contribution < -0.4 is 15.8 Å². The molecule has 2 amide bonds. The third-order valence-corrected chi connectivity index (χ3v) is 6.62. The van der Waals surface area contributed by atoms with Crippen molar-refractivity contribution in [3.63, 3.8) is 0 Å². The highest BCUT2D eigenvalue weighted by atomic mass is 32.2. The first-order chi connectivity index (χ1) is 14.3. The molecule has 160 valence electrons. The van der Waals surface area contributed by atoms with Gasteiger partial charge in [-0.2, -0.15) is 4.31 Å². The molecule has 0 aromatic heterocycles. The van der Waals surface area contributed by atoms with Crippen LogP contribution in [0, 0.1) is 0 Å². The SMILES string of the molecule is CN1CCN(S(=O)(=O)c2cccc(NC(=O)COc3ccc(C(N)=O)cc3)c2)CC1. The van der Waals surface area contributed by atoms with Crippen molar-refractivity contribution in [3.05, 3.63) is 54.1 Å². The zero-order valence-corrected chi connectivity index (χ0v) is 17.4. The van der Waals surface area contributed by atoms with E-state index in [4.69, 9.17) is 10.5 Å². The van der Waals surface area contributed by atoms with E-state index in [9.17, 15) is 18.0 Å². The number of nitrogens with zero attached hydrogens (tertiary/aromatic N) is 2. The molecule has 1 saturated heterocycles. The number of benzene rings is 2. The largest absolute Gasteiger partial charge is 0.484 e. The van der Waals surface area contributed by atoms with Crippen LogP contribution in [0.1, 0.15) is 10.4 Å². The van der Waals surface area contributed by atoms with Gasteiger partial charge in [-0.3, -0.25) is 9.59 Å². The number of amides is 2. The minimum atomic E-state index is -3.62. The van der Waals surface area contributed by atoms with E-state index in [1.807, 2.05) is 7.05 Å². The molecule has 0 radical (unpaired) electrons. The molecule has 1 fully saturated rings. The Labute approximate surface area is 175 Å². The number of ether oxygens (including phenoxy) is 1. The molecule has 0 unspecified atom stereocenters. The number of nitrogens with two attached hydrogens (primary N) is 1. The molecule has 1 heterocycles. The van der Waals surface area contributed by atoms with E-state index in [1.54, 1.807) is 12.1 Å². The highest BCUT2D eigenvalue weighted by Crippen LogP contribution is 2.21. The molecule has 0 spiro atoms. The van der Waals surface area contributed by atoms with Gasteiger partial charge in [0.05, 0.1) is 4.90 Å². The number of nitrogens with one attached hydrogen (secondary N) is 1. The number of primary amides is 1. The van der Waals surface area contributed by atoms with Crippen LogP contribution >= 0.6 is 0 Å². The summed E-state index contributed by atoms with van der Waals surface area (Å²) < 4.78 is 32.5. The maximum atomic E-state index is 12.9. The molecule has 10 heteroatoms. The summed E-state index contributed by atoms with van der Waals surface area (Å²) in [5, 5.41) is 2.64. The normalized spacial score (nSPS) is 15.5. The first-order valence-corrected chi connectivity index (χ1v) is 10.8. The van der Waals surface area contributed by atoms with Crippen LogP contribution in [0.5, 0.6) is 5.75 Å².